The molecule has 0 radical (unpaired) electrons. The molecule has 4 aromatic rings. The number of nitrogens with one attached hydrogen (secondary N) is 1. The maximum absolute atomic E-state index is 4.57. The van der Waals surface area contributed by atoms with Gasteiger partial charge in [-0.15, -0.1) is 0 Å². The summed E-state index contributed by atoms with van der Waals surface area (Å²) in [5.74, 6) is 1.81. The first-order valence-corrected chi connectivity index (χ1v) is 8.16. The van der Waals surface area contributed by atoms with Crippen molar-refractivity contribution in [3.63, 3.8) is 0 Å². The van der Waals surface area contributed by atoms with E-state index in [1.807, 2.05) is 48.1 Å². The molecule has 1 aromatic carbocycles. The van der Waals surface area contributed by atoms with Crippen LogP contribution in [0, 0.1) is 6.92 Å². The molecule has 0 saturated heterocycles. The first-order valence-electron chi connectivity index (χ1n) is 7.34. The minimum Gasteiger partial charge on any atom is -0.357 e. The predicted octanol–water partition coefficient (Wildman–Crippen LogP) is 3.80. The van der Waals surface area contributed by atoms with Crippen LogP contribution in [0.1, 0.15) is 11.4 Å². The highest BCUT2D eigenvalue weighted by Gasteiger charge is 2.04. The number of hydrogen-bond acceptors (Lipinski definition) is 5. The molecule has 0 aliphatic heterocycles. The number of hydrogen-bond donors (Lipinski definition) is 1. The summed E-state index contributed by atoms with van der Waals surface area (Å²) >= 11 is 1.66. The standard InChI is InChI=1S/C17H15N5S/c1-12-18-8-9-22(12)16-7-6-13(10-19-16)11-20-17-21-14-4-2-3-5-15(14)23-17/h2-10H,11H2,1H3,(H,20,21). The number of aromatic nitrogens is 4. The summed E-state index contributed by atoms with van der Waals surface area (Å²) in [4.78, 5) is 13.3. The summed E-state index contributed by atoms with van der Waals surface area (Å²) in [5, 5.41) is 4.30. The smallest absolute Gasteiger partial charge is 0.184 e. The molecule has 0 spiro atoms. The van der Waals surface area contributed by atoms with E-state index in [-0.39, 0.29) is 0 Å². The second-order valence-corrected chi connectivity index (χ2v) is 6.24. The highest BCUT2D eigenvalue weighted by atomic mass is 32.1. The fourth-order valence-electron chi connectivity index (χ4n) is 2.41. The van der Waals surface area contributed by atoms with E-state index in [1.54, 1.807) is 17.5 Å². The largest absolute Gasteiger partial charge is 0.357 e. The second kappa shape index (κ2) is 5.81. The van der Waals surface area contributed by atoms with Gasteiger partial charge in [-0.1, -0.05) is 29.5 Å². The average Bonchev–Trinajstić information content (AvgIpc) is 3.19. The van der Waals surface area contributed by atoms with Gasteiger partial charge in [0.05, 0.1) is 10.2 Å². The SMILES string of the molecule is Cc1nccn1-c1ccc(CNc2nc3ccccc3s2)cn1. The summed E-state index contributed by atoms with van der Waals surface area (Å²) in [5.41, 5.74) is 2.15. The number of rotatable bonds is 4. The summed E-state index contributed by atoms with van der Waals surface area (Å²) in [6.45, 7) is 2.67. The van der Waals surface area contributed by atoms with Gasteiger partial charge in [0.25, 0.3) is 0 Å². The highest BCUT2D eigenvalue weighted by molar-refractivity contribution is 7.22. The van der Waals surface area contributed by atoms with Crippen LogP contribution in [0.4, 0.5) is 5.13 Å². The molecule has 0 amide bonds. The number of benzene rings is 1. The lowest BCUT2D eigenvalue weighted by atomic mass is 10.3. The fourth-order valence-corrected chi connectivity index (χ4v) is 3.27. The Bertz CT molecular complexity index is 906. The third kappa shape index (κ3) is 2.80. The molecule has 0 atom stereocenters. The minimum atomic E-state index is 0.704. The lowest BCUT2D eigenvalue weighted by Crippen LogP contribution is -2.02. The molecule has 23 heavy (non-hydrogen) atoms. The number of para-hydroxylation sites is 1. The molecule has 114 valence electrons. The van der Waals surface area contributed by atoms with Gasteiger partial charge >= 0.3 is 0 Å². The summed E-state index contributed by atoms with van der Waals surface area (Å²) in [7, 11) is 0. The van der Waals surface area contributed by atoms with E-state index in [2.05, 4.69) is 32.4 Å². The quantitative estimate of drug-likeness (QED) is 0.621. The minimum absolute atomic E-state index is 0.704. The lowest BCUT2D eigenvalue weighted by molar-refractivity contribution is 0.925. The Balaban J connectivity index is 1.48. The number of anilines is 1. The maximum atomic E-state index is 4.57. The third-order valence-electron chi connectivity index (χ3n) is 3.62. The van der Waals surface area contributed by atoms with E-state index < -0.39 is 0 Å². The number of fused-ring (bicyclic) bond motifs is 1. The Morgan fingerprint density at radius 3 is 2.78 bits per heavy atom. The fraction of sp³-hybridized carbons (Fsp3) is 0.118. The molecule has 0 aliphatic rings. The van der Waals surface area contributed by atoms with Crippen LogP contribution in [0.2, 0.25) is 0 Å². The molecule has 0 unspecified atom stereocenters. The van der Waals surface area contributed by atoms with Crippen LogP contribution in [0.3, 0.4) is 0 Å². The zero-order chi connectivity index (χ0) is 15.6. The van der Waals surface area contributed by atoms with Crippen molar-refractivity contribution in [2.24, 2.45) is 0 Å². The average molecular weight is 321 g/mol. The number of aryl methyl sites for hydroxylation is 1. The van der Waals surface area contributed by atoms with Crippen molar-refractivity contribution in [2.45, 2.75) is 13.5 Å². The van der Waals surface area contributed by atoms with Crippen molar-refractivity contribution in [3.8, 4) is 5.82 Å². The van der Waals surface area contributed by atoms with Crippen molar-refractivity contribution in [1.29, 1.82) is 0 Å². The molecule has 0 bridgehead atoms. The van der Waals surface area contributed by atoms with Crippen LogP contribution in [-0.4, -0.2) is 19.5 Å². The molecule has 5 nitrogen and oxygen atoms in total. The van der Waals surface area contributed by atoms with Gasteiger partial charge in [-0.2, -0.15) is 0 Å². The number of nitrogens with zero attached hydrogens (tertiary/aromatic N) is 4. The van der Waals surface area contributed by atoms with Crippen LogP contribution < -0.4 is 5.32 Å². The normalized spacial score (nSPS) is 11.0. The Labute approximate surface area is 137 Å². The Kier molecular flexibility index (Phi) is 3.51. The summed E-state index contributed by atoms with van der Waals surface area (Å²) < 4.78 is 3.16. The molecule has 3 heterocycles. The van der Waals surface area contributed by atoms with Crippen molar-refractivity contribution < 1.29 is 0 Å². The number of imidazole rings is 1. The van der Waals surface area contributed by atoms with Crippen LogP contribution in [0.15, 0.2) is 55.0 Å². The number of thiazole rings is 1. The Hall–Kier alpha value is -2.73. The van der Waals surface area contributed by atoms with Crippen molar-refractivity contribution >= 4 is 26.7 Å². The molecular weight excluding hydrogens is 306 g/mol. The van der Waals surface area contributed by atoms with Gasteiger partial charge in [0.15, 0.2) is 5.13 Å². The van der Waals surface area contributed by atoms with Crippen LogP contribution in [0.5, 0.6) is 0 Å². The van der Waals surface area contributed by atoms with Crippen LogP contribution in [-0.2, 0) is 6.54 Å². The Morgan fingerprint density at radius 1 is 1.13 bits per heavy atom. The van der Waals surface area contributed by atoms with E-state index in [0.717, 1.165) is 27.9 Å². The van der Waals surface area contributed by atoms with Gasteiger partial charge in [0, 0.05) is 25.1 Å². The van der Waals surface area contributed by atoms with Crippen LogP contribution in [0.25, 0.3) is 16.0 Å². The molecular formula is C17H15N5S. The summed E-state index contributed by atoms with van der Waals surface area (Å²) in [6.07, 6.45) is 5.57. The van der Waals surface area contributed by atoms with E-state index in [9.17, 15) is 0 Å². The third-order valence-corrected chi connectivity index (χ3v) is 4.61. The topological polar surface area (TPSA) is 55.6 Å². The summed E-state index contributed by atoms with van der Waals surface area (Å²) in [6, 6.07) is 12.2. The monoisotopic (exact) mass is 321 g/mol. The first-order chi connectivity index (χ1) is 11.3. The molecule has 1 N–H and O–H groups in total. The molecule has 6 heteroatoms. The van der Waals surface area contributed by atoms with Gasteiger partial charge in [-0.25, -0.2) is 15.0 Å². The molecule has 4 rings (SSSR count). The van der Waals surface area contributed by atoms with Gasteiger partial charge < -0.3 is 5.32 Å². The molecule has 3 aromatic heterocycles. The van der Waals surface area contributed by atoms with E-state index in [4.69, 9.17) is 0 Å². The van der Waals surface area contributed by atoms with E-state index in [0.29, 0.717) is 6.54 Å². The predicted molar refractivity (Wildman–Crippen MR) is 93.0 cm³/mol. The number of pyridine rings is 1. The zero-order valence-electron chi connectivity index (χ0n) is 12.6. The van der Waals surface area contributed by atoms with Crippen LogP contribution >= 0.6 is 11.3 Å². The van der Waals surface area contributed by atoms with Crippen molar-refractivity contribution in [3.05, 3.63) is 66.4 Å². The van der Waals surface area contributed by atoms with E-state index >= 15 is 0 Å². The van der Waals surface area contributed by atoms with Crippen molar-refractivity contribution in [1.82, 2.24) is 19.5 Å². The Morgan fingerprint density at radius 2 is 2.04 bits per heavy atom. The zero-order valence-corrected chi connectivity index (χ0v) is 13.4. The van der Waals surface area contributed by atoms with Gasteiger partial charge in [-0.05, 0) is 30.7 Å². The molecule has 0 saturated carbocycles. The van der Waals surface area contributed by atoms with Gasteiger partial charge in [-0.3, -0.25) is 4.57 Å². The molecule has 0 fully saturated rings. The van der Waals surface area contributed by atoms with Gasteiger partial charge in [0.1, 0.15) is 11.6 Å². The van der Waals surface area contributed by atoms with Crippen molar-refractivity contribution in [2.75, 3.05) is 5.32 Å². The maximum Gasteiger partial charge on any atom is 0.184 e. The first kappa shape index (κ1) is 13.9. The highest BCUT2D eigenvalue weighted by Crippen LogP contribution is 2.25. The van der Waals surface area contributed by atoms with E-state index in [1.165, 1.54) is 4.70 Å². The second-order valence-electron chi connectivity index (χ2n) is 5.21. The van der Waals surface area contributed by atoms with Gasteiger partial charge in [0.2, 0.25) is 0 Å². The molecule has 0 aliphatic carbocycles. The lowest BCUT2D eigenvalue weighted by Gasteiger charge is -2.06.